The topological polar surface area (TPSA) is 30.0 Å². The van der Waals surface area contributed by atoms with Crippen LogP contribution in [0.15, 0.2) is 40.1 Å². The van der Waals surface area contributed by atoms with E-state index in [4.69, 9.17) is 0 Å². The summed E-state index contributed by atoms with van der Waals surface area (Å²) in [6, 6.07) is 7.74. The molecule has 2 aromatic heterocycles. The second-order valence-corrected chi connectivity index (χ2v) is 5.87. The number of pyridine rings is 1. The van der Waals surface area contributed by atoms with Crippen molar-refractivity contribution in [2.45, 2.75) is 16.9 Å². The van der Waals surface area contributed by atoms with E-state index in [9.17, 15) is 4.21 Å². The van der Waals surface area contributed by atoms with Gasteiger partial charge >= 0.3 is 0 Å². The lowest BCUT2D eigenvalue weighted by Gasteiger charge is -2.00. The Morgan fingerprint density at radius 1 is 1.47 bits per heavy atom. The molecule has 0 amide bonds. The lowest BCUT2D eigenvalue weighted by molar-refractivity contribution is 0.683. The summed E-state index contributed by atoms with van der Waals surface area (Å²) in [5.41, 5.74) is 2.05. The van der Waals surface area contributed by atoms with Gasteiger partial charge in [-0.2, -0.15) is 0 Å². The minimum Gasteiger partial charge on any atom is -0.260 e. The van der Waals surface area contributed by atoms with Gasteiger partial charge in [0, 0.05) is 6.20 Å². The highest BCUT2D eigenvalue weighted by Crippen LogP contribution is 2.16. The SMILES string of the molecule is Cc1ccnc(CS(=O)c2cccs2)c1. The summed E-state index contributed by atoms with van der Waals surface area (Å²) in [5, 5.41) is 1.94. The molecule has 1 atom stereocenters. The Bertz CT molecular complexity index is 465. The molecule has 0 radical (unpaired) electrons. The van der Waals surface area contributed by atoms with Crippen LogP contribution in [0.4, 0.5) is 0 Å². The van der Waals surface area contributed by atoms with Gasteiger partial charge in [-0.3, -0.25) is 9.19 Å². The Morgan fingerprint density at radius 3 is 3.00 bits per heavy atom. The largest absolute Gasteiger partial charge is 0.260 e. The van der Waals surface area contributed by atoms with Gasteiger partial charge in [-0.15, -0.1) is 11.3 Å². The predicted molar refractivity (Wildman–Crippen MR) is 63.4 cm³/mol. The predicted octanol–water partition coefficient (Wildman–Crippen LogP) is 2.76. The van der Waals surface area contributed by atoms with Crippen LogP contribution in [0.25, 0.3) is 0 Å². The fourth-order valence-electron chi connectivity index (χ4n) is 1.28. The molecule has 1 unspecified atom stereocenters. The molecule has 0 N–H and O–H groups in total. The van der Waals surface area contributed by atoms with Crippen LogP contribution in [0, 0.1) is 6.92 Å². The molecule has 0 fully saturated rings. The first kappa shape index (κ1) is 10.5. The van der Waals surface area contributed by atoms with E-state index < -0.39 is 10.8 Å². The van der Waals surface area contributed by atoms with E-state index in [1.165, 1.54) is 11.3 Å². The number of rotatable bonds is 3. The van der Waals surface area contributed by atoms with Crippen LogP contribution in [0.5, 0.6) is 0 Å². The fourth-order valence-corrected chi connectivity index (χ4v) is 3.30. The maximum absolute atomic E-state index is 11.9. The van der Waals surface area contributed by atoms with Crippen molar-refractivity contribution in [3.05, 3.63) is 47.1 Å². The second-order valence-electron chi connectivity index (χ2n) is 3.25. The van der Waals surface area contributed by atoms with Gasteiger partial charge in [-0.1, -0.05) is 6.07 Å². The van der Waals surface area contributed by atoms with E-state index in [1.807, 2.05) is 36.6 Å². The van der Waals surface area contributed by atoms with Crippen molar-refractivity contribution >= 4 is 22.1 Å². The Kier molecular flexibility index (Phi) is 3.28. The Hall–Kier alpha value is -1.00. The summed E-state index contributed by atoms with van der Waals surface area (Å²) in [7, 11) is -0.956. The van der Waals surface area contributed by atoms with Crippen LogP contribution in [0.1, 0.15) is 11.3 Å². The van der Waals surface area contributed by atoms with Crippen LogP contribution >= 0.6 is 11.3 Å². The molecule has 4 heteroatoms. The third-order valence-electron chi connectivity index (χ3n) is 1.97. The minimum atomic E-state index is -0.956. The van der Waals surface area contributed by atoms with Crippen LogP contribution in [-0.4, -0.2) is 9.19 Å². The van der Waals surface area contributed by atoms with Crippen molar-refractivity contribution in [2.75, 3.05) is 0 Å². The average Bonchev–Trinajstić information content (AvgIpc) is 2.70. The zero-order valence-corrected chi connectivity index (χ0v) is 9.98. The summed E-state index contributed by atoms with van der Waals surface area (Å²) in [6.07, 6.45) is 1.76. The van der Waals surface area contributed by atoms with E-state index in [2.05, 4.69) is 4.98 Å². The molecule has 2 nitrogen and oxygen atoms in total. The molecular weight excluding hydrogens is 226 g/mol. The summed E-state index contributed by atoms with van der Waals surface area (Å²) in [5.74, 6) is 0.502. The first-order valence-electron chi connectivity index (χ1n) is 4.59. The normalized spacial score (nSPS) is 12.6. The van der Waals surface area contributed by atoms with Crippen molar-refractivity contribution in [3.8, 4) is 0 Å². The zero-order chi connectivity index (χ0) is 10.7. The molecule has 0 spiro atoms. The second kappa shape index (κ2) is 4.68. The minimum absolute atomic E-state index is 0.502. The highest BCUT2D eigenvalue weighted by molar-refractivity contribution is 7.86. The zero-order valence-electron chi connectivity index (χ0n) is 8.34. The first-order chi connectivity index (χ1) is 7.25. The van der Waals surface area contributed by atoms with Crippen molar-refractivity contribution in [1.82, 2.24) is 4.98 Å². The van der Waals surface area contributed by atoms with Gasteiger partial charge < -0.3 is 0 Å². The van der Waals surface area contributed by atoms with Crippen LogP contribution in [0.2, 0.25) is 0 Å². The molecule has 0 saturated carbocycles. The van der Waals surface area contributed by atoms with Crippen molar-refractivity contribution in [1.29, 1.82) is 0 Å². The molecule has 2 rings (SSSR count). The third-order valence-corrected chi connectivity index (χ3v) is 4.62. The van der Waals surface area contributed by atoms with Gasteiger partial charge in [-0.05, 0) is 36.1 Å². The number of hydrogen-bond donors (Lipinski definition) is 0. The Labute approximate surface area is 95.5 Å². The maximum atomic E-state index is 11.9. The van der Waals surface area contributed by atoms with Crippen LogP contribution in [0.3, 0.4) is 0 Å². The van der Waals surface area contributed by atoms with Gasteiger partial charge in [0.1, 0.15) is 0 Å². The van der Waals surface area contributed by atoms with E-state index in [0.29, 0.717) is 5.75 Å². The smallest absolute Gasteiger partial charge is 0.0914 e. The first-order valence-corrected chi connectivity index (χ1v) is 6.79. The number of hydrogen-bond acceptors (Lipinski definition) is 3. The monoisotopic (exact) mass is 237 g/mol. The lowest BCUT2D eigenvalue weighted by atomic mass is 10.3. The molecule has 0 aliphatic carbocycles. The molecule has 0 bridgehead atoms. The average molecular weight is 237 g/mol. The molecule has 78 valence electrons. The molecule has 0 aliphatic rings. The number of aryl methyl sites for hydroxylation is 1. The third kappa shape index (κ3) is 2.73. The number of aromatic nitrogens is 1. The molecule has 0 aromatic carbocycles. The number of nitrogens with zero attached hydrogens (tertiary/aromatic N) is 1. The molecule has 2 heterocycles. The van der Waals surface area contributed by atoms with Gasteiger partial charge in [0.2, 0.25) is 0 Å². The summed E-state index contributed by atoms with van der Waals surface area (Å²) >= 11 is 1.53. The maximum Gasteiger partial charge on any atom is 0.0914 e. The standard InChI is InChI=1S/C11H11NOS2/c1-9-4-5-12-10(7-9)8-15(13)11-3-2-6-14-11/h2-7H,8H2,1H3. The highest BCUT2D eigenvalue weighted by Gasteiger charge is 2.06. The van der Waals surface area contributed by atoms with Crippen molar-refractivity contribution in [3.63, 3.8) is 0 Å². The summed E-state index contributed by atoms with van der Waals surface area (Å²) in [4.78, 5) is 4.20. The molecular formula is C11H11NOS2. The summed E-state index contributed by atoms with van der Waals surface area (Å²) in [6.45, 7) is 2.01. The summed E-state index contributed by atoms with van der Waals surface area (Å²) < 4.78 is 12.8. The van der Waals surface area contributed by atoms with Gasteiger partial charge in [0.05, 0.1) is 26.5 Å². The highest BCUT2D eigenvalue weighted by atomic mass is 32.2. The molecule has 0 aliphatic heterocycles. The lowest BCUT2D eigenvalue weighted by Crippen LogP contribution is -1.97. The van der Waals surface area contributed by atoms with Crippen molar-refractivity contribution < 1.29 is 4.21 Å². The molecule has 2 aromatic rings. The molecule has 15 heavy (non-hydrogen) atoms. The van der Waals surface area contributed by atoms with Gasteiger partial charge in [0.25, 0.3) is 0 Å². The van der Waals surface area contributed by atoms with E-state index in [1.54, 1.807) is 6.20 Å². The molecule has 0 saturated heterocycles. The van der Waals surface area contributed by atoms with Gasteiger partial charge in [-0.25, -0.2) is 0 Å². The van der Waals surface area contributed by atoms with E-state index >= 15 is 0 Å². The Balaban J connectivity index is 2.13. The number of thiophene rings is 1. The fraction of sp³-hybridized carbons (Fsp3) is 0.182. The van der Waals surface area contributed by atoms with E-state index in [0.717, 1.165) is 15.5 Å². The quantitative estimate of drug-likeness (QED) is 0.821. The van der Waals surface area contributed by atoms with Gasteiger partial charge in [0.15, 0.2) is 0 Å². The van der Waals surface area contributed by atoms with Crippen molar-refractivity contribution in [2.24, 2.45) is 0 Å². The van der Waals surface area contributed by atoms with Crippen LogP contribution < -0.4 is 0 Å². The Morgan fingerprint density at radius 2 is 2.33 bits per heavy atom. The van der Waals surface area contributed by atoms with Crippen LogP contribution in [-0.2, 0) is 16.6 Å². The van der Waals surface area contributed by atoms with E-state index in [-0.39, 0.29) is 0 Å².